The van der Waals surface area contributed by atoms with Crippen molar-refractivity contribution in [3.05, 3.63) is 65.7 Å². The third-order valence-corrected chi connectivity index (χ3v) is 3.06. The second-order valence-corrected chi connectivity index (χ2v) is 4.57. The summed E-state index contributed by atoms with van der Waals surface area (Å²) in [6, 6.07) is 18.6. The Morgan fingerprint density at radius 3 is 2.57 bits per heavy atom. The summed E-state index contributed by atoms with van der Waals surface area (Å²) >= 11 is 0. The maximum absolute atomic E-state index is 11.9. The van der Waals surface area contributed by atoms with Crippen LogP contribution in [0.2, 0.25) is 0 Å². The highest BCUT2D eigenvalue weighted by molar-refractivity contribution is 5.93. The number of benzene rings is 2. The molecule has 1 unspecified atom stereocenters. The summed E-state index contributed by atoms with van der Waals surface area (Å²) in [5.41, 5.74) is 1.95. The first-order valence-corrected chi connectivity index (χ1v) is 6.66. The average molecular weight is 280 g/mol. The van der Waals surface area contributed by atoms with E-state index in [4.69, 9.17) is 10.00 Å². The van der Waals surface area contributed by atoms with Crippen molar-refractivity contribution >= 4 is 11.6 Å². The lowest BCUT2D eigenvalue weighted by Gasteiger charge is -2.13. The molecule has 2 aromatic carbocycles. The fraction of sp³-hybridized carbons (Fsp3) is 0.176. The van der Waals surface area contributed by atoms with E-state index in [1.807, 2.05) is 43.3 Å². The maximum atomic E-state index is 11.9. The largest absolute Gasteiger partial charge is 0.364 e. The minimum Gasteiger partial charge on any atom is -0.364 e. The van der Waals surface area contributed by atoms with E-state index >= 15 is 0 Å². The van der Waals surface area contributed by atoms with Crippen molar-refractivity contribution in [1.29, 1.82) is 5.26 Å². The minimum absolute atomic E-state index is 0.0597. The zero-order valence-corrected chi connectivity index (χ0v) is 11.7. The Bertz CT molecular complexity index is 647. The zero-order valence-electron chi connectivity index (χ0n) is 11.7. The number of nitrogens with zero attached hydrogens (tertiary/aromatic N) is 1. The van der Waals surface area contributed by atoms with Crippen LogP contribution in [-0.4, -0.2) is 12.5 Å². The van der Waals surface area contributed by atoms with Crippen LogP contribution in [0.15, 0.2) is 54.6 Å². The number of nitriles is 1. The first kappa shape index (κ1) is 14.8. The van der Waals surface area contributed by atoms with E-state index in [0.717, 1.165) is 5.56 Å². The Kier molecular flexibility index (Phi) is 5.08. The molecule has 4 nitrogen and oxygen atoms in total. The predicted octanol–water partition coefficient (Wildman–Crippen LogP) is 3.27. The summed E-state index contributed by atoms with van der Waals surface area (Å²) in [6.45, 7) is 1.83. The van der Waals surface area contributed by atoms with Crippen molar-refractivity contribution in [1.82, 2.24) is 0 Å². The van der Waals surface area contributed by atoms with E-state index < -0.39 is 0 Å². The molecule has 0 saturated carbocycles. The molecule has 21 heavy (non-hydrogen) atoms. The molecule has 1 amide bonds. The summed E-state index contributed by atoms with van der Waals surface area (Å²) in [5.74, 6) is -0.277. The lowest BCUT2D eigenvalue weighted by molar-refractivity contribution is -0.122. The van der Waals surface area contributed by atoms with E-state index in [-0.39, 0.29) is 18.6 Å². The number of carbonyl (C=O) groups is 1. The van der Waals surface area contributed by atoms with Crippen LogP contribution in [-0.2, 0) is 9.53 Å². The van der Waals surface area contributed by atoms with E-state index in [1.165, 1.54) is 0 Å². The summed E-state index contributed by atoms with van der Waals surface area (Å²) in [5, 5.41) is 11.6. The predicted molar refractivity (Wildman–Crippen MR) is 80.6 cm³/mol. The first-order chi connectivity index (χ1) is 10.2. The average Bonchev–Trinajstić information content (AvgIpc) is 2.54. The molecule has 0 heterocycles. The summed E-state index contributed by atoms with van der Waals surface area (Å²) in [4.78, 5) is 11.9. The molecule has 0 fully saturated rings. The van der Waals surface area contributed by atoms with Crippen molar-refractivity contribution in [2.24, 2.45) is 0 Å². The second-order valence-electron chi connectivity index (χ2n) is 4.57. The lowest BCUT2D eigenvalue weighted by atomic mass is 10.1. The molecule has 106 valence electrons. The van der Waals surface area contributed by atoms with Crippen LogP contribution in [0.5, 0.6) is 0 Å². The summed E-state index contributed by atoms with van der Waals surface area (Å²) < 4.78 is 5.54. The van der Waals surface area contributed by atoms with Gasteiger partial charge in [0.1, 0.15) is 12.7 Å². The topological polar surface area (TPSA) is 62.1 Å². The zero-order chi connectivity index (χ0) is 15.1. The van der Waals surface area contributed by atoms with Gasteiger partial charge in [0.15, 0.2) is 0 Å². The van der Waals surface area contributed by atoms with Gasteiger partial charge in [0.2, 0.25) is 5.91 Å². The third-order valence-electron chi connectivity index (χ3n) is 3.06. The molecule has 2 aromatic rings. The fourth-order valence-electron chi connectivity index (χ4n) is 1.90. The molecule has 0 aliphatic rings. The summed E-state index contributed by atoms with van der Waals surface area (Å²) in [6.07, 6.45) is -0.164. The van der Waals surface area contributed by atoms with Gasteiger partial charge in [-0.05, 0) is 24.6 Å². The Balaban J connectivity index is 1.90. The molecule has 0 aromatic heterocycles. The van der Waals surface area contributed by atoms with E-state index in [9.17, 15) is 4.79 Å². The lowest BCUT2D eigenvalue weighted by Crippen LogP contribution is -2.20. The Morgan fingerprint density at radius 2 is 1.86 bits per heavy atom. The van der Waals surface area contributed by atoms with Crippen LogP contribution in [0.4, 0.5) is 5.69 Å². The molecule has 0 spiro atoms. The van der Waals surface area contributed by atoms with Crippen molar-refractivity contribution in [2.45, 2.75) is 13.0 Å². The van der Waals surface area contributed by atoms with Crippen molar-refractivity contribution < 1.29 is 9.53 Å². The van der Waals surface area contributed by atoms with Gasteiger partial charge in [-0.25, -0.2) is 0 Å². The van der Waals surface area contributed by atoms with Crippen LogP contribution < -0.4 is 5.32 Å². The van der Waals surface area contributed by atoms with Crippen LogP contribution in [0.1, 0.15) is 24.2 Å². The number of nitrogens with one attached hydrogen (secondary N) is 1. The molecule has 2 rings (SSSR count). The van der Waals surface area contributed by atoms with Crippen LogP contribution in [0, 0.1) is 11.3 Å². The van der Waals surface area contributed by atoms with Gasteiger partial charge >= 0.3 is 0 Å². The Hall–Kier alpha value is -2.64. The van der Waals surface area contributed by atoms with E-state index in [1.54, 1.807) is 24.3 Å². The maximum Gasteiger partial charge on any atom is 0.250 e. The molecule has 0 radical (unpaired) electrons. The van der Waals surface area contributed by atoms with E-state index in [2.05, 4.69) is 5.32 Å². The monoisotopic (exact) mass is 280 g/mol. The van der Waals surface area contributed by atoms with Crippen LogP contribution >= 0.6 is 0 Å². The standard InChI is InChI=1S/C17H16N2O2/c1-13(14-7-3-2-4-8-14)21-12-17(20)19-16-10-6-5-9-15(16)11-18/h2-10,13H,12H2,1H3,(H,19,20). The number of ether oxygens (including phenoxy) is 1. The van der Waals surface area contributed by atoms with Crippen molar-refractivity contribution in [2.75, 3.05) is 11.9 Å². The number of anilines is 1. The first-order valence-electron chi connectivity index (χ1n) is 6.66. The molecule has 4 heteroatoms. The van der Waals surface area contributed by atoms with E-state index in [0.29, 0.717) is 11.3 Å². The van der Waals surface area contributed by atoms with Crippen molar-refractivity contribution in [3.63, 3.8) is 0 Å². The van der Waals surface area contributed by atoms with Gasteiger partial charge in [-0.3, -0.25) is 4.79 Å². The van der Waals surface area contributed by atoms with Gasteiger partial charge in [0, 0.05) is 0 Å². The van der Waals surface area contributed by atoms with Gasteiger partial charge in [-0.2, -0.15) is 5.26 Å². The number of hydrogen-bond donors (Lipinski definition) is 1. The highest BCUT2D eigenvalue weighted by Gasteiger charge is 2.10. The molecule has 0 aliphatic heterocycles. The van der Waals surface area contributed by atoms with Gasteiger partial charge in [0.25, 0.3) is 0 Å². The number of para-hydroxylation sites is 1. The molecule has 0 saturated heterocycles. The van der Waals surface area contributed by atoms with Gasteiger partial charge in [0.05, 0.1) is 17.4 Å². The summed E-state index contributed by atoms with van der Waals surface area (Å²) in [7, 11) is 0. The van der Waals surface area contributed by atoms with Crippen molar-refractivity contribution in [3.8, 4) is 6.07 Å². The molecule has 0 aliphatic carbocycles. The molecule has 1 N–H and O–H groups in total. The molecular weight excluding hydrogens is 264 g/mol. The smallest absolute Gasteiger partial charge is 0.250 e. The van der Waals surface area contributed by atoms with Crippen LogP contribution in [0.25, 0.3) is 0 Å². The SMILES string of the molecule is CC(OCC(=O)Nc1ccccc1C#N)c1ccccc1. The molecule has 1 atom stereocenters. The number of carbonyl (C=O) groups excluding carboxylic acids is 1. The third kappa shape index (κ3) is 4.16. The fourth-order valence-corrected chi connectivity index (χ4v) is 1.90. The number of amides is 1. The quantitative estimate of drug-likeness (QED) is 0.914. The molecule has 0 bridgehead atoms. The van der Waals surface area contributed by atoms with Gasteiger partial charge in [-0.1, -0.05) is 42.5 Å². The highest BCUT2D eigenvalue weighted by atomic mass is 16.5. The number of rotatable bonds is 5. The molecular formula is C17H16N2O2. The van der Waals surface area contributed by atoms with Crippen LogP contribution in [0.3, 0.4) is 0 Å². The minimum atomic E-state index is -0.277. The normalized spacial score (nSPS) is 11.4. The number of hydrogen-bond acceptors (Lipinski definition) is 3. The highest BCUT2D eigenvalue weighted by Crippen LogP contribution is 2.16. The van der Waals surface area contributed by atoms with Gasteiger partial charge < -0.3 is 10.1 Å². The van der Waals surface area contributed by atoms with Gasteiger partial charge in [-0.15, -0.1) is 0 Å². The second kappa shape index (κ2) is 7.22. The Labute approximate surface area is 124 Å². The Morgan fingerprint density at radius 1 is 1.19 bits per heavy atom.